The van der Waals surface area contributed by atoms with E-state index in [4.69, 9.17) is 0 Å². The fourth-order valence-corrected chi connectivity index (χ4v) is 3.32. The SMILES string of the molecule is CCN1CCCC(C(C)NC(C)c2c(F)cccc2F)C1. The highest BCUT2D eigenvalue weighted by Crippen LogP contribution is 2.24. The quantitative estimate of drug-likeness (QED) is 0.890. The van der Waals surface area contributed by atoms with E-state index in [1.54, 1.807) is 0 Å². The smallest absolute Gasteiger partial charge is 0.130 e. The summed E-state index contributed by atoms with van der Waals surface area (Å²) in [5.74, 6) is -0.405. The summed E-state index contributed by atoms with van der Waals surface area (Å²) in [5.41, 5.74) is 0.146. The molecular formula is C17H26F2N2. The maximum atomic E-state index is 13.8. The molecule has 1 aliphatic heterocycles. The van der Waals surface area contributed by atoms with Crippen molar-refractivity contribution < 1.29 is 8.78 Å². The Bertz CT molecular complexity index is 444. The van der Waals surface area contributed by atoms with Gasteiger partial charge in [-0.05, 0) is 57.8 Å². The van der Waals surface area contributed by atoms with E-state index in [1.165, 1.54) is 31.0 Å². The van der Waals surface area contributed by atoms with E-state index >= 15 is 0 Å². The molecule has 1 N–H and O–H groups in total. The van der Waals surface area contributed by atoms with Gasteiger partial charge in [0.25, 0.3) is 0 Å². The molecule has 0 aliphatic carbocycles. The zero-order valence-electron chi connectivity index (χ0n) is 13.2. The molecule has 0 aromatic heterocycles. The first kappa shape index (κ1) is 16.4. The highest BCUT2D eigenvalue weighted by molar-refractivity contribution is 5.22. The van der Waals surface area contributed by atoms with Gasteiger partial charge in [0.1, 0.15) is 11.6 Å². The molecule has 1 aromatic carbocycles. The van der Waals surface area contributed by atoms with Crippen LogP contribution >= 0.6 is 0 Å². The van der Waals surface area contributed by atoms with Crippen LogP contribution in [0.1, 0.15) is 45.2 Å². The Balaban J connectivity index is 2.00. The molecule has 2 rings (SSSR count). The van der Waals surface area contributed by atoms with Crippen LogP contribution in [0.25, 0.3) is 0 Å². The van der Waals surface area contributed by atoms with E-state index in [0.29, 0.717) is 5.92 Å². The molecule has 21 heavy (non-hydrogen) atoms. The number of halogens is 2. The van der Waals surface area contributed by atoms with E-state index in [0.717, 1.165) is 19.6 Å². The number of hydrogen-bond acceptors (Lipinski definition) is 2. The van der Waals surface area contributed by atoms with Gasteiger partial charge in [0.05, 0.1) is 0 Å². The Morgan fingerprint density at radius 2 is 1.95 bits per heavy atom. The molecule has 0 amide bonds. The summed E-state index contributed by atoms with van der Waals surface area (Å²) < 4.78 is 27.6. The number of rotatable bonds is 5. The fraction of sp³-hybridized carbons (Fsp3) is 0.647. The molecule has 1 saturated heterocycles. The van der Waals surface area contributed by atoms with Crippen LogP contribution in [0.2, 0.25) is 0 Å². The second-order valence-electron chi connectivity index (χ2n) is 6.11. The molecule has 2 nitrogen and oxygen atoms in total. The third kappa shape index (κ3) is 4.01. The molecule has 0 saturated carbocycles. The van der Waals surface area contributed by atoms with Crippen LogP contribution in [0.15, 0.2) is 18.2 Å². The predicted molar refractivity (Wildman–Crippen MR) is 82.2 cm³/mol. The summed E-state index contributed by atoms with van der Waals surface area (Å²) in [7, 11) is 0. The number of nitrogens with zero attached hydrogens (tertiary/aromatic N) is 1. The molecule has 0 spiro atoms. The molecule has 0 bridgehead atoms. The van der Waals surface area contributed by atoms with Crippen molar-refractivity contribution in [2.75, 3.05) is 19.6 Å². The summed E-state index contributed by atoms with van der Waals surface area (Å²) in [6.45, 7) is 9.43. The van der Waals surface area contributed by atoms with Crippen LogP contribution in [0.5, 0.6) is 0 Å². The molecule has 4 heteroatoms. The van der Waals surface area contributed by atoms with Gasteiger partial charge in [-0.15, -0.1) is 0 Å². The number of piperidine rings is 1. The summed E-state index contributed by atoms with van der Waals surface area (Å²) in [5, 5.41) is 3.39. The fourth-order valence-electron chi connectivity index (χ4n) is 3.32. The minimum atomic E-state index is -0.471. The van der Waals surface area contributed by atoms with Gasteiger partial charge < -0.3 is 10.2 Å². The van der Waals surface area contributed by atoms with Crippen molar-refractivity contribution in [1.82, 2.24) is 10.2 Å². The second-order valence-corrected chi connectivity index (χ2v) is 6.11. The molecule has 118 valence electrons. The van der Waals surface area contributed by atoms with E-state index < -0.39 is 11.6 Å². The van der Waals surface area contributed by atoms with Crippen molar-refractivity contribution in [2.45, 2.75) is 45.7 Å². The number of likely N-dealkylation sites (tertiary alicyclic amines) is 1. The van der Waals surface area contributed by atoms with E-state index in [1.807, 2.05) is 6.92 Å². The van der Waals surface area contributed by atoms with Crippen LogP contribution in [-0.2, 0) is 0 Å². The van der Waals surface area contributed by atoms with Crippen LogP contribution in [0.4, 0.5) is 8.78 Å². The van der Waals surface area contributed by atoms with Crippen LogP contribution in [0.3, 0.4) is 0 Å². The molecule has 1 fully saturated rings. The van der Waals surface area contributed by atoms with E-state index in [9.17, 15) is 8.78 Å². The summed E-state index contributed by atoms with van der Waals surface area (Å²) >= 11 is 0. The van der Waals surface area contributed by atoms with Crippen molar-refractivity contribution in [1.29, 1.82) is 0 Å². The Labute approximate surface area is 126 Å². The van der Waals surface area contributed by atoms with Gasteiger partial charge in [0.2, 0.25) is 0 Å². The van der Waals surface area contributed by atoms with Crippen molar-refractivity contribution >= 4 is 0 Å². The van der Waals surface area contributed by atoms with Gasteiger partial charge in [-0.1, -0.05) is 13.0 Å². The van der Waals surface area contributed by atoms with Crippen molar-refractivity contribution in [2.24, 2.45) is 5.92 Å². The topological polar surface area (TPSA) is 15.3 Å². The van der Waals surface area contributed by atoms with Gasteiger partial charge in [-0.25, -0.2) is 8.78 Å². The first-order valence-electron chi connectivity index (χ1n) is 7.95. The van der Waals surface area contributed by atoms with Crippen LogP contribution < -0.4 is 5.32 Å². The first-order valence-corrected chi connectivity index (χ1v) is 7.95. The lowest BCUT2D eigenvalue weighted by Gasteiger charge is -2.36. The average Bonchev–Trinajstić information content (AvgIpc) is 2.47. The minimum absolute atomic E-state index is 0.146. The Morgan fingerprint density at radius 1 is 1.29 bits per heavy atom. The number of benzene rings is 1. The lowest BCUT2D eigenvalue weighted by atomic mass is 9.90. The van der Waals surface area contributed by atoms with Gasteiger partial charge >= 0.3 is 0 Å². The summed E-state index contributed by atoms with van der Waals surface area (Å²) in [4.78, 5) is 2.45. The third-order valence-corrected chi connectivity index (χ3v) is 4.64. The largest absolute Gasteiger partial charge is 0.307 e. The van der Waals surface area contributed by atoms with E-state index in [2.05, 4.69) is 24.1 Å². The highest BCUT2D eigenvalue weighted by atomic mass is 19.1. The lowest BCUT2D eigenvalue weighted by Crippen LogP contribution is -2.45. The predicted octanol–water partition coefficient (Wildman–Crippen LogP) is 3.74. The highest BCUT2D eigenvalue weighted by Gasteiger charge is 2.26. The standard InChI is InChI=1S/C17H26F2N2/c1-4-21-10-6-7-14(11-21)12(2)20-13(3)17-15(18)8-5-9-16(17)19/h5,8-9,12-14,20H,4,6-7,10-11H2,1-3H3. The monoisotopic (exact) mass is 296 g/mol. The van der Waals surface area contributed by atoms with Gasteiger partial charge in [0, 0.05) is 24.2 Å². The maximum absolute atomic E-state index is 13.8. The lowest BCUT2D eigenvalue weighted by molar-refractivity contribution is 0.153. The van der Waals surface area contributed by atoms with Crippen LogP contribution in [-0.4, -0.2) is 30.6 Å². The molecule has 1 aliphatic rings. The summed E-state index contributed by atoms with van der Waals surface area (Å²) in [6, 6.07) is 3.97. The van der Waals surface area contributed by atoms with Crippen LogP contribution in [0, 0.1) is 17.6 Å². The Hall–Kier alpha value is -1.00. The zero-order valence-corrected chi connectivity index (χ0v) is 13.2. The molecule has 3 atom stereocenters. The van der Waals surface area contributed by atoms with Crippen molar-refractivity contribution in [3.8, 4) is 0 Å². The van der Waals surface area contributed by atoms with Gasteiger partial charge in [-0.2, -0.15) is 0 Å². The minimum Gasteiger partial charge on any atom is -0.307 e. The van der Waals surface area contributed by atoms with Gasteiger partial charge in [-0.3, -0.25) is 0 Å². The molecular weight excluding hydrogens is 270 g/mol. The average molecular weight is 296 g/mol. The van der Waals surface area contributed by atoms with Gasteiger partial charge in [0.15, 0.2) is 0 Å². The zero-order chi connectivity index (χ0) is 15.4. The second kappa shape index (κ2) is 7.32. The van der Waals surface area contributed by atoms with Crippen molar-refractivity contribution in [3.63, 3.8) is 0 Å². The molecule has 3 unspecified atom stereocenters. The maximum Gasteiger partial charge on any atom is 0.130 e. The molecule has 0 radical (unpaired) electrons. The van der Waals surface area contributed by atoms with Crippen molar-refractivity contribution in [3.05, 3.63) is 35.4 Å². The number of hydrogen-bond donors (Lipinski definition) is 1. The first-order chi connectivity index (χ1) is 10.0. The normalized spacial score (nSPS) is 23.0. The van der Waals surface area contributed by atoms with E-state index in [-0.39, 0.29) is 17.6 Å². The summed E-state index contributed by atoms with van der Waals surface area (Å²) in [6.07, 6.45) is 2.38. The Kier molecular flexibility index (Phi) is 5.71. The number of nitrogens with one attached hydrogen (secondary N) is 1. The Morgan fingerprint density at radius 3 is 2.57 bits per heavy atom. The molecule has 1 heterocycles. The molecule has 1 aromatic rings. The third-order valence-electron chi connectivity index (χ3n) is 4.64.